The van der Waals surface area contributed by atoms with Gasteiger partial charge in [-0.3, -0.25) is 0 Å². The topological polar surface area (TPSA) is 34.1 Å². The Labute approximate surface area is 121 Å². The summed E-state index contributed by atoms with van der Waals surface area (Å²) in [5.74, 6) is 0.472. The minimum absolute atomic E-state index is 0.137. The molecule has 1 rings (SSSR count). The van der Waals surface area contributed by atoms with Crippen LogP contribution in [0, 0.1) is 0 Å². The molecule has 19 heavy (non-hydrogen) atoms. The molecule has 4 heteroatoms. The lowest BCUT2D eigenvalue weighted by molar-refractivity contribution is 0.118. The molecule has 1 heterocycles. The summed E-state index contributed by atoms with van der Waals surface area (Å²) in [7, 11) is 1.75. The first kappa shape index (κ1) is 16.6. The zero-order chi connectivity index (χ0) is 14.6. The van der Waals surface area contributed by atoms with Crippen molar-refractivity contribution in [1.82, 2.24) is 10.3 Å². The SMILES string of the molecule is COC(C)Cc1nc(C(C)C)c(CNC(C)(C)C)s1. The number of nitrogens with one attached hydrogen (secondary N) is 1. The Morgan fingerprint density at radius 2 is 1.89 bits per heavy atom. The predicted molar refractivity (Wildman–Crippen MR) is 83.0 cm³/mol. The van der Waals surface area contributed by atoms with Crippen LogP contribution in [0.2, 0.25) is 0 Å². The number of nitrogens with zero attached hydrogens (tertiary/aromatic N) is 1. The maximum atomic E-state index is 5.33. The van der Waals surface area contributed by atoms with Crippen LogP contribution in [0.15, 0.2) is 0 Å². The molecule has 1 atom stereocenters. The van der Waals surface area contributed by atoms with Crippen LogP contribution in [-0.4, -0.2) is 23.7 Å². The van der Waals surface area contributed by atoms with Crippen LogP contribution in [0.1, 0.15) is 63.0 Å². The lowest BCUT2D eigenvalue weighted by Gasteiger charge is -2.20. The van der Waals surface area contributed by atoms with Gasteiger partial charge in [0.1, 0.15) is 0 Å². The quantitative estimate of drug-likeness (QED) is 0.864. The van der Waals surface area contributed by atoms with Crippen molar-refractivity contribution in [3.8, 4) is 0 Å². The van der Waals surface area contributed by atoms with Crippen LogP contribution in [0.4, 0.5) is 0 Å². The molecular formula is C15H28N2OS. The molecular weight excluding hydrogens is 256 g/mol. The third kappa shape index (κ3) is 5.59. The van der Waals surface area contributed by atoms with Gasteiger partial charge in [0.25, 0.3) is 0 Å². The Morgan fingerprint density at radius 1 is 1.26 bits per heavy atom. The van der Waals surface area contributed by atoms with Crippen LogP contribution < -0.4 is 5.32 Å². The van der Waals surface area contributed by atoms with E-state index < -0.39 is 0 Å². The first-order valence-corrected chi connectivity index (χ1v) is 7.81. The van der Waals surface area contributed by atoms with Crippen LogP contribution in [0.25, 0.3) is 0 Å². The van der Waals surface area contributed by atoms with E-state index in [2.05, 4.69) is 46.9 Å². The third-order valence-electron chi connectivity index (χ3n) is 2.96. The number of thiazole rings is 1. The summed E-state index contributed by atoms with van der Waals surface area (Å²) in [5, 5.41) is 4.74. The Hall–Kier alpha value is -0.450. The molecule has 0 aliphatic heterocycles. The highest BCUT2D eigenvalue weighted by Crippen LogP contribution is 2.26. The van der Waals surface area contributed by atoms with Gasteiger partial charge < -0.3 is 10.1 Å². The fraction of sp³-hybridized carbons (Fsp3) is 0.800. The van der Waals surface area contributed by atoms with E-state index in [1.54, 1.807) is 7.11 Å². The Kier molecular flexibility index (Phi) is 5.96. The second-order valence-corrected chi connectivity index (χ2v) is 7.59. The molecule has 0 aliphatic carbocycles. The molecule has 0 amide bonds. The molecule has 1 N–H and O–H groups in total. The predicted octanol–water partition coefficient (Wildman–Crippen LogP) is 3.73. The average Bonchev–Trinajstić information content (AvgIpc) is 2.68. The first-order chi connectivity index (χ1) is 8.73. The number of hydrogen-bond acceptors (Lipinski definition) is 4. The highest BCUT2D eigenvalue weighted by molar-refractivity contribution is 7.11. The van der Waals surface area contributed by atoms with Crippen molar-refractivity contribution in [3.63, 3.8) is 0 Å². The number of rotatable bonds is 6. The zero-order valence-corrected chi connectivity index (χ0v) is 14.1. The van der Waals surface area contributed by atoms with Crippen LogP contribution in [0.5, 0.6) is 0 Å². The van der Waals surface area contributed by atoms with Gasteiger partial charge in [0.05, 0.1) is 16.8 Å². The second kappa shape index (κ2) is 6.82. The summed E-state index contributed by atoms with van der Waals surface area (Å²) in [4.78, 5) is 6.16. The molecule has 3 nitrogen and oxygen atoms in total. The van der Waals surface area contributed by atoms with Crippen LogP contribution >= 0.6 is 11.3 Å². The van der Waals surface area contributed by atoms with Gasteiger partial charge in [-0.05, 0) is 33.6 Å². The third-order valence-corrected chi connectivity index (χ3v) is 4.06. The van der Waals surface area contributed by atoms with E-state index in [9.17, 15) is 0 Å². The summed E-state index contributed by atoms with van der Waals surface area (Å²) in [6.45, 7) is 14.0. The first-order valence-electron chi connectivity index (χ1n) is 6.99. The maximum Gasteiger partial charge on any atom is 0.0957 e. The number of aromatic nitrogens is 1. The largest absolute Gasteiger partial charge is 0.381 e. The summed E-state index contributed by atoms with van der Waals surface area (Å²) < 4.78 is 5.33. The highest BCUT2D eigenvalue weighted by atomic mass is 32.1. The van der Waals surface area contributed by atoms with Gasteiger partial charge in [0, 0.05) is 30.5 Å². The lowest BCUT2D eigenvalue weighted by Crippen LogP contribution is -2.35. The minimum atomic E-state index is 0.137. The molecule has 110 valence electrons. The van der Waals surface area contributed by atoms with Crippen LogP contribution in [-0.2, 0) is 17.7 Å². The van der Waals surface area contributed by atoms with E-state index in [0.717, 1.165) is 13.0 Å². The van der Waals surface area contributed by atoms with Gasteiger partial charge >= 0.3 is 0 Å². The van der Waals surface area contributed by atoms with Gasteiger partial charge in [-0.2, -0.15) is 0 Å². The van der Waals surface area contributed by atoms with Gasteiger partial charge in [-0.25, -0.2) is 4.98 Å². The van der Waals surface area contributed by atoms with E-state index in [0.29, 0.717) is 5.92 Å². The Morgan fingerprint density at radius 3 is 2.37 bits per heavy atom. The van der Waals surface area contributed by atoms with E-state index in [1.165, 1.54) is 15.6 Å². The van der Waals surface area contributed by atoms with Crippen molar-refractivity contribution in [3.05, 3.63) is 15.6 Å². The molecule has 0 bridgehead atoms. The summed E-state index contributed by atoms with van der Waals surface area (Å²) in [6.07, 6.45) is 1.13. The summed E-state index contributed by atoms with van der Waals surface area (Å²) >= 11 is 1.82. The number of hydrogen-bond donors (Lipinski definition) is 1. The fourth-order valence-electron chi connectivity index (χ4n) is 1.75. The maximum absolute atomic E-state index is 5.33. The van der Waals surface area contributed by atoms with Gasteiger partial charge in [-0.15, -0.1) is 11.3 Å². The molecule has 1 unspecified atom stereocenters. The van der Waals surface area contributed by atoms with E-state index in [1.807, 2.05) is 11.3 Å². The van der Waals surface area contributed by atoms with Crippen molar-refractivity contribution in [1.29, 1.82) is 0 Å². The van der Waals surface area contributed by atoms with Crippen molar-refractivity contribution < 1.29 is 4.74 Å². The van der Waals surface area contributed by atoms with Crippen molar-refractivity contribution in [2.45, 2.75) is 72.1 Å². The Balaban J connectivity index is 2.83. The van der Waals surface area contributed by atoms with Crippen molar-refractivity contribution >= 4 is 11.3 Å². The number of ether oxygens (including phenoxy) is 1. The Bertz CT molecular complexity index is 393. The molecule has 0 spiro atoms. The van der Waals surface area contributed by atoms with Crippen molar-refractivity contribution in [2.24, 2.45) is 0 Å². The van der Waals surface area contributed by atoms with E-state index in [-0.39, 0.29) is 11.6 Å². The van der Waals surface area contributed by atoms with Crippen molar-refractivity contribution in [2.75, 3.05) is 7.11 Å². The van der Waals surface area contributed by atoms with E-state index >= 15 is 0 Å². The number of methoxy groups -OCH3 is 1. The molecule has 0 saturated heterocycles. The zero-order valence-electron chi connectivity index (χ0n) is 13.3. The van der Waals surface area contributed by atoms with E-state index in [4.69, 9.17) is 9.72 Å². The van der Waals surface area contributed by atoms with Gasteiger partial charge in [-0.1, -0.05) is 13.8 Å². The molecule has 0 radical (unpaired) electrons. The molecule has 0 aromatic carbocycles. The van der Waals surface area contributed by atoms with Crippen LogP contribution in [0.3, 0.4) is 0 Å². The summed E-state index contributed by atoms with van der Waals surface area (Å²) in [6, 6.07) is 0. The standard InChI is InChI=1S/C15H28N2OS/c1-10(2)14-12(9-16-15(4,5)6)19-13(17-14)8-11(3)18-7/h10-11,16H,8-9H2,1-7H3. The molecule has 0 saturated carbocycles. The van der Waals surface area contributed by atoms with Gasteiger partial charge in [0.2, 0.25) is 0 Å². The average molecular weight is 284 g/mol. The normalized spacial score (nSPS) is 14.1. The molecule has 0 aliphatic rings. The fourth-order valence-corrected chi connectivity index (χ4v) is 3.03. The second-order valence-electron chi connectivity index (χ2n) is 6.42. The smallest absolute Gasteiger partial charge is 0.0957 e. The van der Waals surface area contributed by atoms with Gasteiger partial charge in [0.15, 0.2) is 0 Å². The monoisotopic (exact) mass is 284 g/mol. The minimum Gasteiger partial charge on any atom is -0.381 e. The lowest BCUT2D eigenvalue weighted by atomic mass is 10.1. The molecule has 1 aromatic rings. The molecule has 0 fully saturated rings. The molecule has 1 aromatic heterocycles. The summed E-state index contributed by atoms with van der Waals surface area (Å²) in [5.41, 5.74) is 1.37. The highest BCUT2D eigenvalue weighted by Gasteiger charge is 2.17.